The highest BCUT2D eigenvalue weighted by molar-refractivity contribution is 5.73. The van der Waals surface area contributed by atoms with Crippen molar-refractivity contribution in [2.75, 3.05) is 18.8 Å². The molecule has 2 aromatic heterocycles. The van der Waals surface area contributed by atoms with Crippen LogP contribution in [0.15, 0.2) is 18.3 Å². The molecule has 0 bridgehead atoms. The van der Waals surface area contributed by atoms with Crippen LogP contribution in [-0.2, 0) is 0 Å². The molecule has 5 heteroatoms. The zero-order chi connectivity index (χ0) is 11.7. The minimum absolute atomic E-state index is 0.421. The van der Waals surface area contributed by atoms with Crippen LogP contribution < -0.4 is 11.1 Å². The number of nitrogens with zero attached hydrogens (tertiary/aromatic N) is 3. The van der Waals surface area contributed by atoms with Crippen LogP contribution in [0.1, 0.15) is 25.3 Å². The Labute approximate surface area is 100 Å². The summed E-state index contributed by atoms with van der Waals surface area (Å²) in [6.07, 6.45) is 5.21. The van der Waals surface area contributed by atoms with Crippen LogP contribution in [0.25, 0.3) is 11.2 Å². The van der Waals surface area contributed by atoms with Crippen molar-refractivity contribution in [3.63, 3.8) is 0 Å². The highest BCUT2D eigenvalue weighted by Gasteiger charge is 2.19. The lowest BCUT2D eigenvalue weighted by Gasteiger charge is -2.17. The van der Waals surface area contributed by atoms with Crippen LogP contribution >= 0.6 is 0 Å². The molecule has 0 spiro atoms. The molecule has 1 aliphatic rings. The molecule has 90 valence electrons. The van der Waals surface area contributed by atoms with E-state index in [9.17, 15) is 0 Å². The average molecular weight is 231 g/mol. The van der Waals surface area contributed by atoms with Crippen LogP contribution in [0.5, 0.6) is 0 Å². The first-order valence-electron chi connectivity index (χ1n) is 6.15. The summed E-state index contributed by atoms with van der Waals surface area (Å²) in [5, 5.41) is 3.41. The second-order valence-corrected chi connectivity index (χ2v) is 4.52. The molecule has 17 heavy (non-hydrogen) atoms. The fourth-order valence-electron chi connectivity index (χ4n) is 2.57. The van der Waals surface area contributed by atoms with E-state index in [1.807, 2.05) is 12.1 Å². The molecular weight excluding hydrogens is 214 g/mol. The van der Waals surface area contributed by atoms with Gasteiger partial charge in [-0.15, -0.1) is 0 Å². The molecule has 0 aliphatic carbocycles. The quantitative estimate of drug-likeness (QED) is 0.777. The van der Waals surface area contributed by atoms with Gasteiger partial charge in [0.25, 0.3) is 0 Å². The van der Waals surface area contributed by atoms with Gasteiger partial charge in [-0.05, 0) is 44.5 Å². The molecule has 2 aromatic rings. The zero-order valence-electron chi connectivity index (χ0n) is 9.76. The molecule has 1 fully saturated rings. The summed E-state index contributed by atoms with van der Waals surface area (Å²) >= 11 is 0. The molecule has 0 aromatic carbocycles. The summed E-state index contributed by atoms with van der Waals surface area (Å²) in [5.74, 6) is 0.589. The number of nitrogens with two attached hydrogens (primary N) is 1. The number of fused-ring (bicyclic) bond motifs is 1. The first-order chi connectivity index (χ1) is 8.36. The Kier molecular flexibility index (Phi) is 2.68. The maximum absolute atomic E-state index is 6.03. The third-order valence-corrected chi connectivity index (χ3v) is 3.39. The molecule has 0 saturated carbocycles. The summed E-state index contributed by atoms with van der Waals surface area (Å²) in [4.78, 5) is 8.78. The van der Waals surface area contributed by atoms with E-state index in [1.54, 1.807) is 6.20 Å². The number of rotatable bonds is 1. The monoisotopic (exact) mass is 231 g/mol. The van der Waals surface area contributed by atoms with Crippen molar-refractivity contribution in [2.45, 2.75) is 25.3 Å². The highest BCUT2D eigenvalue weighted by atomic mass is 15.2. The molecule has 1 saturated heterocycles. The van der Waals surface area contributed by atoms with Crippen LogP contribution in [0.3, 0.4) is 0 Å². The smallest absolute Gasteiger partial charge is 0.202 e. The molecule has 0 radical (unpaired) electrons. The van der Waals surface area contributed by atoms with Gasteiger partial charge in [-0.25, -0.2) is 9.97 Å². The maximum atomic E-state index is 6.03. The number of pyridine rings is 1. The predicted molar refractivity (Wildman–Crippen MR) is 67.7 cm³/mol. The lowest BCUT2D eigenvalue weighted by molar-refractivity contribution is 0.468. The third kappa shape index (κ3) is 1.86. The number of nitrogen functional groups attached to an aromatic ring is 1. The van der Waals surface area contributed by atoms with E-state index in [1.165, 1.54) is 6.42 Å². The molecule has 1 atom stereocenters. The van der Waals surface area contributed by atoms with Gasteiger partial charge in [0, 0.05) is 12.2 Å². The number of anilines is 1. The van der Waals surface area contributed by atoms with E-state index < -0.39 is 0 Å². The van der Waals surface area contributed by atoms with Crippen molar-refractivity contribution < 1.29 is 0 Å². The maximum Gasteiger partial charge on any atom is 0.202 e. The lowest BCUT2D eigenvalue weighted by atomic mass is 10.1. The molecule has 1 aliphatic heterocycles. The molecule has 3 rings (SSSR count). The van der Waals surface area contributed by atoms with Crippen molar-refractivity contribution in [1.82, 2.24) is 19.9 Å². The normalized spacial score (nSPS) is 21.5. The van der Waals surface area contributed by atoms with Gasteiger partial charge < -0.3 is 11.1 Å². The van der Waals surface area contributed by atoms with E-state index in [4.69, 9.17) is 5.73 Å². The minimum Gasteiger partial charge on any atom is -0.369 e. The van der Waals surface area contributed by atoms with E-state index >= 15 is 0 Å². The van der Waals surface area contributed by atoms with E-state index in [-0.39, 0.29) is 0 Å². The molecule has 1 unspecified atom stereocenters. The Balaban J connectivity index is 2.05. The Morgan fingerprint density at radius 2 is 2.29 bits per heavy atom. The summed E-state index contributed by atoms with van der Waals surface area (Å²) < 4.78 is 2.10. The Bertz CT molecular complexity index is 511. The molecule has 5 nitrogen and oxygen atoms in total. The number of hydrogen-bond donors (Lipinski definition) is 2. The van der Waals surface area contributed by atoms with Crippen LogP contribution in [-0.4, -0.2) is 27.6 Å². The number of imidazole rings is 1. The fourth-order valence-corrected chi connectivity index (χ4v) is 2.57. The Morgan fingerprint density at radius 3 is 3.24 bits per heavy atom. The lowest BCUT2D eigenvalue weighted by Crippen LogP contribution is -2.16. The number of hydrogen-bond acceptors (Lipinski definition) is 4. The average Bonchev–Trinajstić information content (AvgIpc) is 2.53. The largest absolute Gasteiger partial charge is 0.369 e. The molecule has 3 N–H and O–H groups in total. The molecule has 3 heterocycles. The summed E-state index contributed by atoms with van der Waals surface area (Å²) in [7, 11) is 0. The van der Waals surface area contributed by atoms with Crippen LogP contribution in [0, 0.1) is 0 Å². The van der Waals surface area contributed by atoms with E-state index in [0.717, 1.165) is 37.1 Å². The first kappa shape index (κ1) is 10.5. The molecular formula is C12H17N5. The van der Waals surface area contributed by atoms with Gasteiger partial charge in [0.15, 0.2) is 5.65 Å². The number of nitrogens with one attached hydrogen (secondary N) is 1. The fraction of sp³-hybridized carbons (Fsp3) is 0.500. The van der Waals surface area contributed by atoms with Crippen molar-refractivity contribution in [3.05, 3.63) is 18.3 Å². The zero-order valence-corrected chi connectivity index (χ0v) is 9.76. The van der Waals surface area contributed by atoms with Crippen LogP contribution in [0.2, 0.25) is 0 Å². The van der Waals surface area contributed by atoms with E-state index in [0.29, 0.717) is 12.0 Å². The minimum atomic E-state index is 0.421. The number of aromatic nitrogens is 3. The highest BCUT2D eigenvalue weighted by Crippen LogP contribution is 2.27. The SMILES string of the molecule is Nc1nc2cccnc2n1C1CCCNCC1. The van der Waals surface area contributed by atoms with Crippen molar-refractivity contribution in [3.8, 4) is 0 Å². The second-order valence-electron chi connectivity index (χ2n) is 4.52. The van der Waals surface area contributed by atoms with E-state index in [2.05, 4.69) is 19.9 Å². The van der Waals surface area contributed by atoms with Crippen molar-refractivity contribution >= 4 is 17.1 Å². The summed E-state index contributed by atoms with van der Waals surface area (Å²) in [6, 6.07) is 4.28. The van der Waals surface area contributed by atoms with Gasteiger partial charge in [-0.1, -0.05) is 0 Å². The van der Waals surface area contributed by atoms with Gasteiger partial charge in [0.2, 0.25) is 5.95 Å². The molecule has 0 amide bonds. The first-order valence-corrected chi connectivity index (χ1v) is 6.15. The standard InChI is InChI=1S/C12H17N5/c13-12-16-10-4-2-7-15-11(10)17(12)9-3-1-6-14-8-5-9/h2,4,7,9,14H,1,3,5-6,8H2,(H2,13,16). The van der Waals surface area contributed by atoms with Gasteiger partial charge in [-0.3, -0.25) is 4.57 Å². The van der Waals surface area contributed by atoms with Gasteiger partial charge in [-0.2, -0.15) is 0 Å². The van der Waals surface area contributed by atoms with Crippen molar-refractivity contribution in [2.24, 2.45) is 0 Å². The topological polar surface area (TPSA) is 68.8 Å². The summed E-state index contributed by atoms with van der Waals surface area (Å²) in [6.45, 7) is 2.13. The van der Waals surface area contributed by atoms with Gasteiger partial charge in [0.1, 0.15) is 5.52 Å². The van der Waals surface area contributed by atoms with Crippen molar-refractivity contribution in [1.29, 1.82) is 0 Å². The van der Waals surface area contributed by atoms with Gasteiger partial charge >= 0.3 is 0 Å². The predicted octanol–water partition coefficient (Wildman–Crippen LogP) is 1.33. The van der Waals surface area contributed by atoms with Crippen LogP contribution in [0.4, 0.5) is 5.95 Å². The summed E-state index contributed by atoms with van der Waals surface area (Å²) in [5.41, 5.74) is 7.83. The van der Waals surface area contributed by atoms with Gasteiger partial charge in [0.05, 0.1) is 0 Å². The third-order valence-electron chi connectivity index (χ3n) is 3.39. The Morgan fingerprint density at radius 1 is 1.35 bits per heavy atom. The Hall–Kier alpha value is -1.62. The second kappa shape index (κ2) is 4.33.